The molecule has 3 rings (SSSR count). The molecule has 3 aromatic rings. The van der Waals surface area contributed by atoms with Gasteiger partial charge in [0, 0.05) is 17.5 Å². The average Bonchev–Trinajstić information content (AvgIpc) is 2.65. The molecule has 2 N–H and O–H groups in total. The number of azo groups is 1. The van der Waals surface area contributed by atoms with E-state index in [2.05, 4.69) is 10.2 Å². The van der Waals surface area contributed by atoms with E-state index in [9.17, 15) is 41.2 Å². The number of phenols is 1. The van der Waals surface area contributed by atoms with Crippen LogP contribution < -0.4 is 29.6 Å². The first-order valence-corrected chi connectivity index (χ1v) is 10.6. The first kappa shape index (κ1) is 24.8. The number of fused-ring (bicyclic) bond motifs is 1. The van der Waals surface area contributed by atoms with Gasteiger partial charge in [0.15, 0.2) is 0 Å². The molecular weight excluding hydrogens is 465 g/mol. The molecule has 0 heterocycles. The van der Waals surface area contributed by atoms with Crippen molar-refractivity contribution in [3.05, 3.63) is 58.6 Å². The summed E-state index contributed by atoms with van der Waals surface area (Å²) in [5.41, 5.74) is -0.528. The number of nitrogens with zero attached hydrogens (tertiary/aromatic N) is 3. The van der Waals surface area contributed by atoms with E-state index in [0.717, 1.165) is 30.3 Å². The van der Waals surface area contributed by atoms with Crippen molar-refractivity contribution in [1.29, 1.82) is 0 Å². The number of phenolic OH excluding ortho intramolecular Hbond substituents is 1. The largest absolute Gasteiger partial charge is 1.00 e. The maximum absolute atomic E-state index is 11.8. The van der Waals surface area contributed by atoms with Gasteiger partial charge in [-0.2, -0.15) is 13.5 Å². The fraction of sp³-hybridized carbons (Fsp3) is 0. The molecule has 0 aliphatic heterocycles. The Labute approximate surface area is 197 Å². The SMILES string of the molecule is O=[N+]([O-])c1ccc(N=Nc2c(O)ccc3cc(S(=O)(=O)[O-])cc(S(=O)(=O)O)c23)cc1.[Na+]. The molecule has 12 nitrogen and oxygen atoms in total. The van der Waals surface area contributed by atoms with Crippen LogP contribution in [0.4, 0.5) is 17.1 Å². The molecule has 0 spiro atoms. The molecule has 0 aliphatic carbocycles. The second-order valence-electron chi connectivity index (χ2n) is 5.86. The van der Waals surface area contributed by atoms with Crippen LogP contribution in [-0.4, -0.2) is 36.0 Å². The molecule has 0 amide bonds. The number of benzene rings is 3. The summed E-state index contributed by atoms with van der Waals surface area (Å²) in [6.07, 6.45) is 0. The zero-order chi connectivity index (χ0) is 22.3. The van der Waals surface area contributed by atoms with Crippen LogP contribution in [0.25, 0.3) is 10.8 Å². The Kier molecular flexibility index (Phi) is 7.17. The molecule has 0 saturated heterocycles. The third kappa shape index (κ3) is 5.43. The van der Waals surface area contributed by atoms with Crippen molar-refractivity contribution in [2.24, 2.45) is 10.2 Å². The van der Waals surface area contributed by atoms with Crippen LogP contribution in [0.2, 0.25) is 0 Å². The quantitative estimate of drug-likeness (QED) is 0.168. The van der Waals surface area contributed by atoms with E-state index in [0.29, 0.717) is 6.07 Å². The van der Waals surface area contributed by atoms with Gasteiger partial charge in [-0.1, -0.05) is 6.07 Å². The van der Waals surface area contributed by atoms with E-state index in [1.165, 1.54) is 12.1 Å². The summed E-state index contributed by atoms with van der Waals surface area (Å²) in [4.78, 5) is 8.18. The smallest absolute Gasteiger partial charge is 0.744 e. The molecule has 3 aromatic carbocycles. The normalized spacial score (nSPS) is 12.1. The van der Waals surface area contributed by atoms with Crippen molar-refractivity contribution in [2.75, 3.05) is 0 Å². The molecule has 0 aliphatic rings. The van der Waals surface area contributed by atoms with E-state index in [1.807, 2.05) is 0 Å². The Bertz CT molecular complexity index is 1420. The van der Waals surface area contributed by atoms with Gasteiger partial charge < -0.3 is 9.66 Å². The van der Waals surface area contributed by atoms with Gasteiger partial charge in [0.2, 0.25) is 0 Å². The molecule has 0 bridgehead atoms. The van der Waals surface area contributed by atoms with E-state index >= 15 is 0 Å². The summed E-state index contributed by atoms with van der Waals surface area (Å²) in [5.74, 6) is -0.559. The summed E-state index contributed by atoms with van der Waals surface area (Å²) in [6, 6.07) is 8.27. The van der Waals surface area contributed by atoms with Crippen LogP contribution in [0.3, 0.4) is 0 Å². The number of nitro groups is 1. The van der Waals surface area contributed by atoms with Gasteiger partial charge in [0.1, 0.15) is 26.5 Å². The van der Waals surface area contributed by atoms with E-state index in [-0.39, 0.29) is 51.7 Å². The third-order valence-corrected chi connectivity index (χ3v) is 5.59. The summed E-state index contributed by atoms with van der Waals surface area (Å²) in [7, 11) is -10.1. The van der Waals surface area contributed by atoms with Gasteiger partial charge in [-0.3, -0.25) is 14.7 Å². The molecule has 15 heteroatoms. The Morgan fingerprint density at radius 1 is 0.935 bits per heavy atom. The van der Waals surface area contributed by atoms with Crippen LogP contribution in [-0.2, 0) is 20.2 Å². The van der Waals surface area contributed by atoms with Crippen molar-refractivity contribution in [3.8, 4) is 5.75 Å². The zero-order valence-corrected chi connectivity index (χ0v) is 19.2. The van der Waals surface area contributed by atoms with Crippen LogP contribution >= 0.6 is 0 Å². The fourth-order valence-corrected chi connectivity index (χ4v) is 3.93. The molecule has 0 radical (unpaired) electrons. The van der Waals surface area contributed by atoms with Gasteiger partial charge in [0.25, 0.3) is 15.8 Å². The number of rotatable bonds is 5. The number of hydrogen-bond donors (Lipinski definition) is 2. The van der Waals surface area contributed by atoms with Gasteiger partial charge in [-0.15, -0.1) is 5.11 Å². The van der Waals surface area contributed by atoms with E-state index < -0.39 is 46.4 Å². The van der Waals surface area contributed by atoms with Crippen LogP contribution in [0.15, 0.2) is 68.6 Å². The Morgan fingerprint density at radius 3 is 2.06 bits per heavy atom. The first-order valence-electron chi connectivity index (χ1n) is 7.77. The molecule has 0 unspecified atom stereocenters. The third-order valence-electron chi connectivity index (χ3n) is 3.90. The van der Waals surface area contributed by atoms with Gasteiger partial charge in [-0.25, -0.2) is 8.42 Å². The maximum atomic E-state index is 11.8. The molecular formula is C16H10N3NaO9S2. The van der Waals surface area contributed by atoms with Crippen molar-refractivity contribution in [1.82, 2.24) is 0 Å². The second kappa shape index (κ2) is 8.96. The molecule has 0 fully saturated rings. The Morgan fingerprint density at radius 2 is 1.55 bits per heavy atom. The van der Waals surface area contributed by atoms with Crippen molar-refractivity contribution >= 4 is 48.1 Å². The minimum Gasteiger partial charge on any atom is -0.744 e. The second-order valence-corrected chi connectivity index (χ2v) is 8.63. The molecule has 0 aromatic heterocycles. The molecule has 0 saturated carbocycles. The Balaban J connectivity index is 0.00000341. The zero-order valence-electron chi connectivity index (χ0n) is 15.5. The molecule has 31 heavy (non-hydrogen) atoms. The first-order chi connectivity index (χ1) is 13.9. The van der Waals surface area contributed by atoms with Crippen molar-refractivity contribution in [3.63, 3.8) is 0 Å². The monoisotopic (exact) mass is 475 g/mol. The summed E-state index contributed by atoms with van der Waals surface area (Å²) in [6.45, 7) is 0. The van der Waals surface area contributed by atoms with Crippen LogP contribution in [0, 0.1) is 10.1 Å². The average molecular weight is 475 g/mol. The molecule has 0 atom stereocenters. The number of aromatic hydroxyl groups is 1. The number of hydrogen-bond acceptors (Lipinski definition) is 10. The molecule has 156 valence electrons. The van der Waals surface area contributed by atoms with E-state index in [1.54, 1.807) is 0 Å². The minimum absolute atomic E-state index is 0. The number of nitro benzene ring substituents is 1. The van der Waals surface area contributed by atoms with E-state index in [4.69, 9.17) is 0 Å². The standard InChI is InChI=1S/C16H11N3O9S2.Na/c20-13-6-1-9-7-12(29(23,24)25)8-14(30(26,27)28)15(9)16(13)18-17-10-2-4-11(5-3-10)19(21)22;/h1-8,20H,(H,23,24,25)(H,26,27,28);/q;+1/p-1. The summed E-state index contributed by atoms with van der Waals surface area (Å²) < 4.78 is 67.1. The van der Waals surface area contributed by atoms with Crippen LogP contribution in [0.1, 0.15) is 0 Å². The van der Waals surface area contributed by atoms with Crippen molar-refractivity contribution in [2.45, 2.75) is 9.79 Å². The predicted octanol–water partition coefficient (Wildman–Crippen LogP) is 0.0238. The number of non-ortho nitro benzene ring substituents is 1. The van der Waals surface area contributed by atoms with Gasteiger partial charge in [-0.05, 0) is 35.7 Å². The van der Waals surface area contributed by atoms with Gasteiger partial charge >= 0.3 is 29.6 Å². The minimum atomic E-state index is -5.06. The topological polar surface area (TPSA) is 200 Å². The Hall–Kier alpha value is -2.46. The van der Waals surface area contributed by atoms with Gasteiger partial charge in [0.05, 0.1) is 15.5 Å². The fourth-order valence-electron chi connectivity index (χ4n) is 2.57. The summed E-state index contributed by atoms with van der Waals surface area (Å²) in [5, 5.41) is 27.8. The summed E-state index contributed by atoms with van der Waals surface area (Å²) >= 11 is 0. The maximum Gasteiger partial charge on any atom is 1.00 e. The predicted molar refractivity (Wildman–Crippen MR) is 101 cm³/mol. The van der Waals surface area contributed by atoms with Crippen molar-refractivity contribution < 1.29 is 65.5 Å². The van der Waals surface area contributed by atoms with Crippen LogP contribution in [0.5, 0.6) is 5.75 Å².